The zero-order chi connectivity index (χ0) is 17.2. The van der Waals surface area contributed by atoms with Crippen LogP contribution in [0, 0.1) is 0 Å². The summed E-state index contributed by atoms with van der Waals surface area (Å²) in [5, 5.41) is 3.35. The van der Waals surface area contributed by atoms with E-state index in [-0.39, 0.29) is 6.10 Å². The summed E-state index contributed by atoms with van der Waals surface area (Å²) in [4.78, 5) is 19.1. The van der Waals surface area contributed by atoms with Crippen molar-refractivity contribution in [2.24, 2.45) is 5.73 Å². The Morgan fingerprint density at radius 1 is 1.20 bits per heavy atom. The Morgan fingerprint density at radius 2 is 2.04 bits per heavy atom. The molecule has 2 aromatic carbocycles. The lowest BCUT2D eigenvalue weighted by molar-refractivity contribution is 0.100. The van der Waals surface area contributed by atoms with Gasteiger partial charge in [0.2, 0.25) is 5.91 Å². The Hall–Kier alpha value is -2.86. The predicted octanol–water partition coefficient (Wildman–Crippen LogP) is 2.46. The highest BCUT2D eigenvalue weighted by Crippen LogP contribution is 2.24. The molecule has 1 aliphatic heterocycles. The maximum atomic E-state index is 11.3. The molecule has 1 unspecified atom stereocenters. The van der Waals surface area contributed by atoms with Crippen molar-refractivity contribution in [1.29, 1.82) is 0 Å². The fourth-order valence-corrected chi connectivity index (χ4v) is 3.10. The van der Waals surface area contributed by atoms with E-state index in [1.165, 1.54) is 0 Å². The second kappa shape index (κ2) is 6.57. The van der Waals surface area contributed by atoms with Crippen molar-refractivity contribution in [1.82, 2.24) is 15.3 Å². The third-order valence-corrected chi connectivity index (χ3v) is 4.45. The third kappa shape index (κ3) is 3.34. The summed E-state index contributed by atoms with van der Waals surface area (Å²) in [5.41, 5.74) is 8.34. The van der Waals surface area contributed by atoms with Gasteiger partial charge in [0.25, 0.3) is 0 Å². The van der Waals surface area contributed by atoms with Gasteiger partial charge in [-0.2, -0.15) is 0 Å². The maximum absolute atomic E-state index is 11.3. The van der Waals surface area contributed by atoms with Crippen LogP contribution < -0.4 is 15.8 Å². The lowest BCUT2D eigenvalue weighted by Gasteiger charge is -2.23. The van der Waals surface area contributed by atoms with Gasteiger partial charge in [0.1, 0.15) is 17.7 Å². The smallest absolute Gasteiger partial charge is 0.248 e. The zero-order valence-electron chi connectivity index (χ0n) is 13.8. The number of hydrogen-bond acceptors (Lipinski definition) is 4. The summed E-state index contributed by atoms with van der Waals surface area (Å²) in [7, 11) is 0. The third-order valence-electron chi connectivity index (χ3n) is 4.45. The summed E-state index contributed by atoms with van der Waals surface area (Å²) in [6.07, 6.45) is 2.47. The molecule has 0 bridgehead atoms. The van der Waals surface area contributed by atoms with Crippen molar-refractivity contribution in [2.45, 2.75) is 18.9 Å². The van der Waals surface area contributed by atoms with Gasteiger partial charge in [-0.3, -0.25) is 4.79 Å². The van der Waals surface area contributed by atoms with E-state index in [1.54, 1.807) is 18.2 Å². The molecule has 1 amide bonds. The largest absolute Gasteiger partial charge is 0.489 e. The SMILES string of the molecule is NC(=O)c1ccc2nc(-c3ccc(OC4CCCNC4)cc3)[nH]c2c1. The minimum absolute atomic E-state index is 0.234. The Morgan fingerprint density at radius 3 is 2.76 bits per heavy atom. The van der Waals surface area contributed by atoms with Crippen LogP contribution in [0.4, 0.5) is 0 Å². The molecule has 2 heterocycles. The van der Waals surface area contributed by atoms with Crippen molar-refractivity contribution < 1.29 is 9.53 Å². The van der Waals surface area contributed by atoms with Crippen molar-refractivity contribution in [3.05, 3.63) is 48.0 Å². The van der Waals surface area contributed by atoms with Crippen LogP contribution in [0.2, 0.25) is 0 Å². The number of primary amides is 1. The molecule has 4 N–H and O–H groups in total. The second-order valence-electron chi connectivity index (χ2n) is 6.29. The molecule has 1 aliphatic rings. The van der Waals surface area contributed by atoms with Gasteiger partial charge in [0.05, 0.1) is 11.0 Å². The average Bonchev–Trinajstić information content (AvgIpc) is 3.06. The van der Waals surface area contributed by atoms with Crippen molar-refractivity contribution in [3.63, 3.8) is 0 Å². The fourth-order valence-electron chi connectivity index (χ4n) is 3.10. The number of ether oxygens (including phenoxy) is 1. The Balaban J connectivity index is 1.55. The lowest BCUT2D eigenvalue weighted by Crippen LogP contribution is -2.37. The standard InChI is InChI=1S/C19H20N4O2/c20-18(24)13-5-8-16-17(10-13)23-19(22-16)12-3-6-14(7-4-12)25-15-2-1-9-21-11-15/h3-8,10,15,21H,1-2,9,11H2,(H2,20,24)(H,22,23). The van der Waals surface area contributed by atoms with E-state index in [2.05, 4.69) is 15.3 Å². The molecule has 25 heavy (non-hydrogen) atoms. The minimum atomic E-state index is -0.447. The van der Waals surface area contributed by atoms with Gasteiger partial charge in [-0.25, -0.2) is 4.98 Å². The first kappa shape index (κ1) is 15.7. The van der Waals surface area contributed by atoms with Gasteiger partial charge in [0, 0.05) is 17.7 Å². The van der Waals surface area contributed by atoms with Crippen molar-refractivity contribution in [2.75, 3.05) is 13.1 Å². The zero-order valence-corrected chi connectivity index (χ0v) is 13.8. The number of rotatable bonds is 4. The molecule has 0 saturated carbocycles. The van der Waals surface area contributed by atoms with Crippen LogP contribution in [0.1, 0.15) is 23.2 Å². The lowest BCUT2D eigenvalue weighted by atomic mass is 10.1. The first-order valence-corrected chi connectivity index (χ1v) is 8.46. The first-order valence-electron chi connectivity index (χ1n) is 8.46. The summed E-state index contributed by atoms with van der Waals surface area (Å²) < 4.78 is 6.00. The molecule has 0 spiro atoms. The van der Waals surface area contributed by atoms with Crippen LogP contribution in [-0.2, 0) is 0 Å². The summed E-state index contributed by atoms with van der Waals surface area (Å²) in [5.74, 6) is 1.17. The van der Waals surface area contributed by atoms with Gasteiger partial charge < -0.3 is 20.8 Å². The number of nitrogens with zero attached hydrogens (tertiary/aromatic N) is 1. The number of nitrogens with one attached hydrogen (secondary N) is 2. The second-order valence-corrected chi connectivity index (χ2v) is 6.29. The molecule has 6 nitrogen and oxygen atoms in total. The molecule has 1 fully saturated rings. The average molecular weight is 336 g/mol. The Kier molecular flexibility index (Phi) is 4.11. The molecule has 3 aromatic rings. The summed E-state index contributed by atoms with van der Waals surface area (Å²) in [6, 6.07) is 13.1. The van der Waals surface area contributed by atoms with Gasteiger partial charge in [-0.1, -0.05) is 0 Å². The van der Waals surface area contributed by atoms with Crippen molar-refractivity contribution in [3.8, 4) is 17.1 Å². The molecule has 6 heteroatoms. The molecular formula is C19H20N4O2. The van der Waals surface area contributed by atoms with Crippen LogP contribution >= 0.6 is 0 Å². The van der Waals surface area contributed by atoms with Crippen molar-refractivity contribution >= 4 is 16.9 Å². The number of carbonyl (C=O) groups excluding carboxylic acids is 1. The monoisotopic (exact) mass is 336 g/mol. The van der Waals surface area contributed by atoms with Gasteiger partial charge in [0.15, 0.2) is 0 Å². The number of piperidine rings is 1. The molecule has 1 atom stereocenters. The van der Waals surface area contributed by atoms with E-state index in [1.807, 2.05) is 24.3 Å². The number of benzene rings is 2. The molecule has 128 valence electrons. The number of nitrogens with two attached hydrogens (primary N) is 1. The molecule has 1 saturated heterocycles. The van der Waals surface area contributed by atoms with E-state index in [4.69, 9.17) is 10.5 Å². The highest BCUT2D eigenvalue weighted by molar-refractivity contribution is 5.96. The number of aromatic nitrogens is 2. The molecule has 4 rings (SSSR count). The quantitative estimate of drug-likeness (QED) is 0.682. The number of H-pyrrole nitrogens is 1. The van der Waals surface area contributed by atoms with Crippen LogP contribution in [0.3, 0.4) is 0 Å². The number of fused-ring (bicyclic) bond motifs is 1. The highest BCUT2D eigenvalue weighted by Gasteiger charge is 2.14. The van der Waals surface area contributed by atoms with Crippen LogP contribution in [0.15, 0.2) is 42.5 Å². The molecular weight excluding hydrogens is 316 g/mol. The highest BCUT2D eigenvalue weighted by atomic mass is 16.5. The first-order chi connectivity index (χ1) is 12.2. The molecule has 0 aliphatic carbocycles. The van der Waals surface area contributed by atoms with Gasteiger partial charge in [-0.15, -0.1) is 0 Å². The number of amides is 1. The predicted molar refractivity (Wildman–Crippen MR) is 96.6 cm³/mol. The van der Waals surface area contributed by atoms with Gasteiger partial charge >= 0.3 is 0 Å². The van der Waals surface area contributed by atoms with Gasteiger partial charge in [-0.05, 0) is 61.9 Å². The number of hydrogen-bond donors (Lipinski definition) is 3. The van der Waals surface area contributed by atoms with Crippen LogP contribution in [0.25, 0.3) is 22.4 Å². The van der Waals surface area contributed by atoms with E-state index < -0.39 is 5.91 Å². The van der Waals surface area contributed by atoms with E-state index in [0.29, 0.717) is 5.56 Å². The van der Waals surface area contributed by atoms with Crippen LogP contribution in [-0.4, -0.2) is 35.1 Å². The minimum Gasteiger partial charge on any atom is -0.489 e. The van der Waals surface area contributed by atoms with Crippen LogP contribution in [0.5, 0.6) is 5.75 Å². The summed E-state index contributed by atoms with van der Waals surface area (Å²) >= 11 is 0. The Bertz CT molecular complexity index is 895. The Labute approximate surface area is 145 Å². The fraction of sp³-hybridized carbons (Fsp3) is 0.263. The molecule has 1 aromatic heterocycles. The summed E-state index contributed by atoms with van der Waals surface area (Å²) in [6.45, 7) is 1.97. The van der Waals surface area contributed by atoms with E-state index in [9.17, 15) is 4.79 Å². The topological polar surface area (TPSA) is 93.0 Å². The van der Waals surface area contributed by atoms with E-state index in [0.717, 1.165) is 54.1 Å². The van der Waals surface area contributed by atoms with E-state index >= 15 is 0 Å². The number of imidazole rings is 1. The molecule has 0 radical (unpaired) electrons. The number of aromatic amines is 1. The normalized spacial score (nSPS) is 17.5. The maximum Gasteiger partial charge on any atom is 0.248 e. The number of carbonyl (C=O) groups is 1.